The van der Waals surface area contributed by atoms with E-state index in [1.807, 2.05) is 0 Å². The van der Waals surface area contributed by atoms with Crippen LogP contribution in [0.1, 0.15) is 34.1 Å². The van der Waals surface area contributed by atoms with Crippen LogP contribution in [0.15, 0.2) is 0 Å². The second kappa shape index (κ2) is 6.91. The summed E-state index contributed by atoms with van der Waals surface area (Å²) >= 11 is 0. The first-order valence-electron chi connectivity index (χ1n) is 6.30. The monoisotopic (exact) mass is 271 g/mol. The van der Waals surface area contributed by atoms with Crippen LogP contribution < -0.4 is 0 Å². The molecule has 0 radical (unpaired) electrons. The van der Waals surface area contributed by atoms with Crippen LogP contribution in [-0.2, 0) is 14.0 Å². The highest BCUT2D eigenvalue weighted by Gasteiger charge is 2.40. The Morgan fingerprint density at radius 1 is 1.39 bits per heavy atom. The molecule has 1 atom stereocenters. The molecule has 0 amide bonds. The van der Waals surface area contributed by atoms with E-state index in [1.165, 1.54) is 0 Å². The summed E-state index contributed by atoms with van der Waals surface area (Å²) in [6.07, 6.45) is -0.176. The van der Waals surface area contributed by atoms with E-state index >= 15 is 0 Å². The average molecular weight is 271 g/mol. The fourth-order valence-electron chi connectivity index (χ4n) is 1.24. The molecule has 0 N–H and O–H groups in total. The Labute approximate surface area is 112 Å². The second-order valence-electron chi connectivity index (χ2n) is 5.85. The van der Waals surface area contributed by atoms with Crippen LogP contribution in [0.5, 0.6) is 0 Å². The number of hydrogen-bond acceptors (Lipinski definition) is 3. The normalized spacial score (nSPS) is 13.8. The van der Waals surface area contributed by atoms with Gasteiger partial charge < -0.3 is 14.0 Å². The summed E-state index contributed by atoms with van der Waals surface area (Å²) in [6, 6.07) is 0. The minimum Gasteiger partial charge on any atom is -0.466 e. The summed E-state index contributed by atoms with van der Waals surface area (Å²) in [4.78, 5) is 14.8. The molecular weight excluding hydrogens is 246 g/mol. The number of carbonyl (C=O) groups excluding carboxylic acids is 1. The van der Waals surface area contributed by atoms with Crippen molar-refractivity contribution in [3.05, 3.63) is 11.4 Å². The summed E-state index contributed by atoms with van der Waals surface area (Å²) in [5.41, 5.74) is 0. The van der Waals surface area contributed by atoms with Crippen molar-refractivity contribution in [3.63, 3.8) is 0 Å². The molecule has 18 heavy (non-hydrogen) atoms. The third kappa shape index (κ3) is 5.65. The van der Waals surface area contributed by atoms with Crippen molar-refractivity contribution < 1.29 is 14.0 Å². The van der Waals surface area contributed by atoms with E-state index in [9.17, 15) is 4.79 Å². The predicted octanol–water partition coefficient (Wildman–Crippen LogP) is 3.25. The Bertz CT molecular complexity index is 315. The maximum absolute atomic E-state index is 11.5. The zero-order chi connectivity index (χ0) is 14.4. The minimum absolute atomic E-state index is 0.0714. The van der Waals surface area contributed by atoms with E-state index in [0.29, 0.717) is 6.61 Å². The largest absolute Gasteiger partial charge is 0.466 e. The van der Waals surface area contributed by atoms with E-state index in [4.69, 9.17) is 15.7 Å². The van der Waals surface area contributed by atoms with Gasteiger partial charge in [0.05, 0.1) is 13.0 Å². The molecule has 0 saturated carbocycles. The molecule has 5 heteroatoms. The van der Waals surface area contributed by atoms with E-state index in [0.717, 1.165) is 0 Å². The van der Waals surface area contributed by atoms with Gasteiger partial charge in [0.1, 0.15) is 6.10 Å². The zero-order valence-electron chi connectivity index (χ0n) is 12.4. The van der Waals surface area contributed by atoms with Crippen LogP contribution in [0.3, 0.4) is 0 Å². The summed E-state index contributed by atoms with van der Waals surface area (Å²) < 4.78 is 11.0. The molecule has 0 aliphatic rings. The Hall–Kier alpha value is -0.863. The molecule has 0 spiro atoms. The van der Waals surface area contributed by atoms with Crippen LogP contribution in [0, 0.1) is 6.57 Å². The molecule has 0 aromatic rings. The zero-order valence-corrected chi connectivity index (χ0v) is 13.4. The standard InChI is InChI=1S/C13H25NO3Si/c1-8-16-12(15)9-11(10-14-5)17-18(6,7)13(2,3)4/h11H,8-10H2,1-4,6-7H3/t11-/m0/s1. The van der Waals surface area contributed by atoms with Gasteiger partial charge in [-0.2, -0.15) is 0 Å². The summed E-state index contributed by atoms with van der Waals surface area (Å²) in [5, 5.41) is 0.0714. The van der Waals surface area contributed by atoms with Crippen molar-refractivity contribution in [1.82, 2.24) is 0 Å². The van der Waals surface area contributed by atoms with E-state index in [1.54, 1.807) is 6.92 Å². The van der Waals surface area contributed by atoms with Gasteiger partial charge in [0.25, 0.3) is 0 Å². The molecule has 0 fully saturated rings. The highest BCUT2D eigenvalue weighted by atomic mass is 28.4. The lowest BCUT2D eigenvalue weighted by molar-refractivity contribution is -0.144. The predicted molar refractivity (Wildman–Crippen MR) is 74.8 cm³/mol. The van der Waals surface area contributed by atoms with E-state index in [2.05, 4.69) is 38.7 Å². The van der Waals surface area contributed by atoms with Crippen LogP contribution in [0.25, 0.3) is 4.85 Å². The second-order valence-corrected chi connectivity index (χ2v) is 10.6. The third-order valence-corrected chi connectivity index (χ3v) is 7.80. The van der Waals surface area contributed by atoms with Gasteiger partial charge in [-0.3, -0.25) is 4.79 Å². The maximum Gasteiger partial charge on any atom is 0.308 e. The SMILES string of the molecule is [C-]#[N+]C[C@H](CC(=O)OCC)O[Si](C)(C)C(C)(C)C. The maximum atomic E-state index is 11.5. The summed E-state index contributed by atoms with van der Waals surface area (Å²) in [5.74, 6) is -0.287. The first kappa shape index (κ1) is 17.1. The van der Waals surface area contributed by atoms with Crippen molar-refractivity contribution in [1.29, 1.82) is 0 Å². The van der Waals surface area contributed by atoms with Gasteiger partial charge in [-0.25, -0.2) is 6.57 Å². The van der Waals surface area contributed by atoms with Gasteiger partial charge in [-0.15, -0.1) is 0 Å². The average Bonchev–Trinajstić information content (AvgIpc) is 2.15. The van der Waals surface area contributed by atoms with Crippen LogP contribution in [-0.4, -0.2) is 33.5 Å². The molecule has 0 saturated heterocycles. The Kier molecular flexibility index (Phi) is 6.58. The number of ether oxygens (including phenoxy) is 1. The number of rotatable bonds is 6. The highest BCUT2D eigenvalue weighted by molar-refractivity contribution is 6.74. The number of nitrogens with zero attached hydrogens (tertiary/aromatic N) is 1. The lowest BCUT2D eigenvalue weighted by Crippen LogP contribution is -2.45. The lowest BCUT2D eigenvalue weighted by Gasteiger charge is -2.37. The fourth-order valence-corrected chi connectivity index (χ4v) is 2.59. The third-order valence-electron chi connectivity index (χ3n) is 3.26. The van der Waals surface area contributed by atoms with Crippen molar-refractivity contribution in [2.24, 2.45) is 0 Å². The number of esters is 1. The fraction of sp³-hybridized carbons (Fsp3) is 0.846. The molecule has 0 heterocycles. The molecule has 0 rings (SSSR count). The van der Waals surface area contributed by atoms with Gasteiger partial charge >= 0.3 is 5.97 Å². The smallest absolute Gasteiger partial charge is 0.308 e. The molecule has 0 aliphatic heterocycles. The first-order valence-corrected chi connectivity index (χ1v) is 9.21. The van der Waals surface area contributed by atoms with E-state index < -0.39 is 8.32 Å². The van der Waals surface area contributed by atoms with Crippen LogP contribution in [0.4, 0.5) is 0 Å². The summed E-state index contributed by atoms with van der Waals surface area (Å²) in [7, 11) is -1.95. The van der Waals surface area contributed by atoms with Crippen molar-refractivity contribution >= 4 is 14.3 Å². The Morgan fingerprint density at radius 3 is 2.33 bits per heavy atom. The van der Waals surface area contributed by atoms with Gasteiger partial charge in [0.15, 0.2) is 8.32 Å². The molecule has 0 aliphatic carbocycles. The first-order chi connectivity index (χ1) is 8.14. The van der Waals surface area contributed by atoms with Gasteiger partial charge in [0.2, 0.25) is 6.54 Å². The van der Waals surface area contributed by atoms with Crippen molar-refractivity contribution in [3.8, 4) is 0 Å². The minimum atomic E-state index is -1.95. The van der Waals surface area contributed by atoms with Gasteiger partial charge in [-0.1, -0.05) is 20.8 Å². The highest BCUT2D eigenvalue weighted by Crippen LogP contribution is 2.37. The van der Waals surface area contributed by atoms with Gasteiger partial charge in [0, 0.05) is 0 Å². The van der Waals surface area contributed by atoms with Crippen molar-refractivity contribution in [2.75, 3.05) is 13.2 Å². The van der Waals surface area contributed by atoms with Crippen LogP contribution >= 0.6 is 0 Å². The molecule has 4 nitrogen and oxygen atoms in total. The number of hydrogen-bond donors (Lipinski definition) is 0. The van der Waals surface area contributed by atoms with Crippen molar-refractivity contribution in [2.45, 2.75) is 58.4 Å². The molecule has 0 aromatic heterocycles. The molecule has 0 unspecified atom stereocenters. The topological polar surface area (TPSA) is 39.9 Å². The van der Waals surface area contributed by atoms with E-state index in [-0.39, 0.29) is 30.1 Å². The number of carbonyl (C=O) groups is 1. The lowest BCUT2D eigenvalue weighted by atomic mass is 10.2. The molecule has 104 valence electrons. The molecule has 0 aromatic carbocycles. The Morgan fingerprint density at radius 2 is 1.94 bits per heavy atom. The molecular formula is C13H25NO3Si. The van der Waals surface area contributed by atoms with Crippen LogP contribution in [0.2, 0.25) is 18.1 Å². The quantitative estimate of drug-likeness (QED) is 0.423. The van der Waals surface area contributed by atoms with Gasteiger partial charge in [-0.05, 0) is 25.1 Å². The summed E-state index contributed by atoms with van der Waals surface area (Å²) in [6.45, 7) is 20.0. The Balaban J connectivity index is 4.64. The molecule has 0 bridgehead atoms.